The third-order valence-corrected chi connectivity index (χ3v) is 8.58. The topological polar surface area (TPSA) is 122 Å². The number of carbonyl (C=O) groups is 3. The molecule has 246 valence electrons. The Kier molecular flexibility index (Phi) is 16.5. The normalized spacial score (nSPS) is 17.3. The van der Waals surface area contributed by atoms with Gasteiger partial charge in [-0.3, -0.25) is 14.4 Å². The van der Waals surface area contributed by atoms with Crippen LogP contribution in [0.2, 0.25) is 0 Å². The quantitative estimate of drug-likeness (QED) is 0.189. The van der Waals surface area contributed by atoms with Crippen molar-refractivity contribution in [1.29, 1.82) is 0 Å². The molecular weight excluding hydrogens is 556 g/mol. The highest BCUT2D eigenvalue weighted by Gasteiger charge is 2.37. The van der Waals surface area contributed by atoms with Gasteiger partial charge in [-0.1, -0.05) is 63.4 Å². The first-order valence-electron chi connectivity index (χ1n) is 16.3. The van der Waals surface area contributed by atoms with Gasteiger partial charge in [0, 0.05) is 33.0 Å². The van der Waals surface area contributed by atoms with Gasteiger partial charge in [-0.05, 0) is 63.6 Å². The van der Waals surface area contributed by atoms with Crippen molar-refractivity contribution in [2.24, 2.45) is 17.8 Å². The van der Waals surface area contributed by atoms with E-state index >= 15 is 0 Å². The van der Waals surface area contributed by atoms with Gasteiger partial charge in [0.15, 0.2) is 0 Å². The van der Waals surface area contributed by atoms with E-state index in [1.807, 2.05) is 63.2 Å². The van der Waals surface area contributed by atoms with Crippen LogP contribution in [0.3, 0.4) is 0 Å². The number of aliphatic hydroxyl groups excluding tert-OH is 2. The maximum absolute atomic E-state index is 13.8. The lowest BCUT2D eigenvalue weighted by molar-refractivity contribution is -0.137. The fourth-order valence-electron chi connectivity index (χ4n) is 5.89. The lowest BCUT2D eigenvalue weighted by Crippen LogP contribution is -2.58. The Hall–Kier alpha value is -2.93. The lowest BCUT2D eigenvalue weighted by Gasteiger charge is -2.37. The van der Waals surface area contributed by atoms with Crippen LogP contribution in [0.5, 0.6) is 0 Å². The Morgan fingerprint density at radius 1 is 0.977 bits per heavy atom. The highest BCUT2D eigenvalue weighted by molar-refractivity contribution is 5.91. The molecule has 0 saturated heterocycles. The van der Waals surface area contributed by atoms with Crippen molar-refractivity contribution in [3.8, 4) is 12.3 Å². The standard InChI is InChI=1S/C35H56N4O5/c1-7-8-19-29(35(44)37-32(27-17-13-10-14-18-27)33(42)30(40)22-25(2)3)36-34(43)28(23-26-15-11-9-12-16-26)24-31(41)39(6)21-20-38(4)5/h1,9,11-12,15-16,25,27-30,32-33,40,42H,8,10,13-14,17-24H2,2-6H3,(H,36,43)(H,37,44)/t28-,29+,30+,32+,33+/m1/s1. The first-order chi connectivity index (χ1) is 20.9. The van der Waals surface area contributed by atoms with Crippen LogP contribution in [0.1, 0.15) is 77.2 Å². The van der Waals surface area contributed by atoms with Gasteiger partial charge in [0.25, 0.3) is 0 Å². The number of nitrogens with zero attached hydrogens (tertiary/aromatic N) is 2. The number of benzene rings is 1. The Morgan fingerprint density at radius 3 is 2.23 bits per heavy atom. The van der Waals surface area contributed by atoms with Gasteiger partial charge >= 0.3 is 0 Å². The molecule has 1 aliphatic carbocycles. The van der Waals surface area contributed by atoms with E-state index < -0.39 is 42.0 Å². The van der Waals surface area contributed by atoms with Gasteiger partial charge < -0.3 is 30.6 Å². The molecule has 0 unspecified atom stereocenters. The molecule has 9 nitrogen and oxygen atoms in total. The predicted octanol–water partition coefficient (Wildman–Crippen LogP) is 2.99. The third kappa shape index (κ3) is 13.0. The molecule has 1 aromatic rings. The minimum absolute atomic E-state index is 0.00105. The first kappa shape index (κ1) is 37.3. The lowest BCUT2D eigenvalue weighted by atomic mass is 9.79. The first-order valence-corrected chi connectivity index (χ1v) is 16.3. The Bertz CT molecular complexity index is 1050. The van der Waals surface area contributed by atoms with Gasteiger partial charge in [0.05, 0.1) is 18.1 Å². The number of likely N-dealkylation sites (N-methyl/N-ethyl adjacent to an activating group) is 2. The molecular formula is C35H56N4O5. The van der Waals surface area contributed by atoms with Crippen LogP contribution in [-0.4, -0.2) is 96.3 Å². The second-order valence-electron chi connectivity index (χ2n) is 13.1. The Labute approximate surface area is 265 Å². The van der Waals surface area contributed by atoms with Crippen LogP contribution < -0.4 is 10.6 Å². The Morgan fingerprint density at radius 2 is 1.64 bits per heavy atom. The van der Waals surface area contributed by atoms with Crippen LogP contribution in [0.15, 0.2) is 30.3 Å². The molecule has 9 heteroatoms. The second kappa shape index (κ2) is 19.5. The van der Waals surface area contributed by atoms with E-state index in [1.165, 1.54) is 0 Å². The SMILES string of the molecule is C#CCC[C@H](NC(=O)[C@@H](CC(=O)N(C)CCN(C)C)Cc1ccccc1)C(=O)N[C@@H](C1CCCCC1)[C@@H](O)[C@@H](O)CC(C)C. The molecule has 1 aromatic carbocycles. The number of hydrogen-bond donors (Lipinski definition) is 4. The smallest absolute Gasteiger partial charge is 0.242 e. The number of carbonyl (C=O) groups excluding carboxylic acids is 3. The van der Waals surface area contributed by atoms with E-state index in [4.69, 9.17) is 6.42 Å². The summed E-state index contributed by atoms with van der Waals surface area (Å²) in [5, 5.41) is 27.9. The molecule has 1 aliphatic rings. The minimum atomic E-state index is -1.13. The average Bonchev–Trinajstić information content (AvgIpc) is 3.00. The zero-order valence-electron chi connectivity index (χ0n) is 27.5. The molecule has 0 aromatic heterocycles. The van der Waals surface area contributed by atoms with Crippen LogP contribution in [0.4, 0.5) is 0 Å². The molecule has 44 heavy (non-hydrogen) atoms. The minimum Gasteiger partial charge on any atom is -0.390 e. The average molecular weight is 613 g/mol. The van der Waals surface area contributed by atoms with E-state index in [0.29, 0.717) is 25.9 Å². The van der Waals surface area contributed by atoms with Gasteiger partial charge in [-0.25, -0.2) is 0 Å². The van der Waals surface area contributed by atoms with E-state index in [0.717, 1.165) is 37.7 Å². The van der Waals surface area contributed by atoms with E-state index in [9.17, 15) is 24.6 Å². The summed E-state index contributed by atoms with van der Waals surface area (Å²) in [6, 6.07) is 7.93. The van der Waals surface area contributed by atoms with Crippen molar-refractivity contribution < 1.29 is 24.6 Å². The maximum Gasteiger partial charge on any atom is 0.242 e. The van der Waals surface area contributed by atoms with Crippen molar-refractivity contribution in [1.82, 2.24) is 20.4 Å². The highest BCUT2D eigenvalue weighted by Crippen LogP contribution is 2.29. The summed E-state index contributed by atoms with van der Waals surface area (Å²) in [6.45, 7) is 5.19. The monoisotopic (exact) mass is 612 g/mol. The molecule has 1 fully saturated rings. The number of terminal acetylenes is 1. The summed E-state index contributed by atoms with van der Waals surface area (Å²) in [5.41, 5.74) is 0.917. The van der Waals surface area contributed by atoms with Crippen LogP contribution >= 0.6 is 0 Å². The summed E-state index contributed by atoms with van der Waals surface area (Å²) in [5.74, 6) is 1.09. The van der Waals surface area contributed by atoms with E-state index in [1.54, 1.807) is 11.9 Å². The molecule has 1 saturated carbocycles. The molecule has 0 spiro atoms. The molecule has 0 bridgehead atoms. The molecule has 3 amide bonds. The molecule has 2 rings (SSSR count). The number of amides is 3. The molecule has 4 N–H and O–H groups in total. The van der Waals surface area contributed by atoms with Crippen molar-refractivity contribution >= 4 is 17.7 Å². The zero-order valence-corrected chi connectivity index (χ0v) is 27.5. The van der Waals surface area contributed by atoms with Gasteiger partial charge in [-0.15, -0.1) is 12.3 Å². The number of nitrogens with one attached hydrogen (secondary N) is 2. The molecule has 5 atom stereocenters. The summed E-state index contributed by atoms with van der Waals surface area (Å²) in [4.78, 5) is 44.4. The summed E-state index contributed by atoms with van der Waals surface area (Å²) in [6.07, 6.45) is 9.47. The highest BCUT2D eigenvalue weighted by atomic mass is 16.3. The third-order valence-electron chi connectivity index (χ3n) is 8.58. The summed E-state index contributed by atoms with van der Waals surface area (Å²) in [7, 11) is 5.61. The van der Waals surface area contributed by atoms with Gasteiger partial charge in [0.1, 0.15) is 12.1 Å². The van der Waals surface area contributed by atoms with E-state index in [2.05, 4.69) is 16.6 Å². The largest absolute Gasteiger partial charge is 0.390 e. The summed E-state index contributed by atoms with van der Waals surface area (Å²) >= 11 is 0. The van der Waals surface area contributed by atoms with Crippen molar-refractivity contribution in [2.75, 3.05) is 34.2 Å². The van der Waals surface area contributed by atoms with Gasteiger partial charge in [-0.2, -0.15) is 0 Å². The molecule has 0 aliphatic heterocycles. The van der Waals surface area contributed by atoms with Crippen LogP contribution in [0.25, 0.3) is 0 Å². The number of aliphatic hydroxyl groups is 2. The Balaban J connectivity index is 2.26. The number of rotatable bonds is 18. The van der Waals surface area contributed by atoms with Crippen molar-refractivity contribution in [2.45, 2.75) is 102 Å². The van der Waals surface area contributed by atoms with Crippen molar-refractivity contribution in [3.05, 3.63) is 35.9 Å². The van der Waals surface area contributed by atoms with Gasteiger partial charge in [0.2, 0.25) is 17.7 Å². The van der Waals surface area contributed by atoms with Crippen LogP contribution in [0, 0.1) is 30.1 Å². The van der Waals surface area contributed by atoms with Crippen LogP contribution in [-0.2, 0) is 20.8 Å². The zero-order chi connectivity index (χ0) is 32.6. The van der Waals surface area contributed by atoms with Crippen molar-refractivity contribution in [3.63, 3.8) is 0 Å². The number of hydrogen-bond acceptors (Lipinski definition) is 6. The van der Waals surface area contributed by atoms with E-state index in [-0.39, 0.29) is 37.0 Å². The summed E-state index contributed by atoms with van der Waals surface area (Å²) < 4.78 is 0. The molecule has 0 radical (unpaired) electrons. The molecule has 0 heterocycles. The fraction of sp³-hybridized carbons (Fsp3) is 0.686. The maximum atomic E-state index is 13.8. The predicted molar refractivity (Wildman–Crippen MR) is 174 cm³/mol. The fourth-order valence-corrected chi connectivity index (χ4v) is 5.89. The second-order valence-corrected chi connectivity index (χ2v) is 13.1.